The maximum atomic E-state index is 12.6. The van der Waals surface area contributed by atoms with Crippen molar-refractivity contribution in [3.63, 3.8) is 0 Å². The van der Waals surface area contributed by atoms with E-state index < -0.39 is 0 Å². The third-order valence-corrected chi connectivity index (χ3v) is 6.27. The highest BCUT2D eigenvalue weighted by atomic mass is 32.1. The molecule has 0 saturated heterocycles. The molecule has 3 aromatic rings. The van der Waals surface area contributed by atoms with Gasteiger partial charge in [0.05, 0.1) is 11.1 Å². The average molecular weight is 396 g/mol. The molecular weight excluding hydrogens is 376 g/mol. The fraction of sp³-hybridized carbons (Fsp3) is 0.421. The molecular formula is C19H20N6O2S. The summed E-state index contributed by atoms with van der Waals surface area (Å²) in [5.41, 5.74) is 1.95. The molecule has 3 N–H and O–H groups in total. The summed E-state index contributed by atoms with van der Waals surface area (Å²) in [5, 5.41) is 19.1. The van der Waals surface area contributed by atoms with Crippen molar-refractivity contribution in [1.82, 2.24) is 20.2 Å². The number of fused-ring (bicyclic) bond motifs is 3. The lowest BCUT2D eigenvalue weighted by atomic mass is 9.89. The molecule has 0 fully saturated rings. The minimum atomic E-state index is -0.287. The number of nitrogens with zero attached hydrogens (tertiary/aromatic N) is 3. The molecule has 1 atom stereocenters. The first-order valence-electron chi connectivity index (χ1n) is 9.24. The molecule has 4 rings (SSSR count). The van der Waals surface area contributed by atoms with Gasteiger partial charge in [0, 0.05) is 17.7 Å². The number of nitrogens with one attached hydrogen (secondary N) is 3. The molecule has 8 nitrogen and oxygen atoms in total. The number of hydrogen-bond acceptors (Lipinski definition) is 6. The van der Waals surface area contributed by atoms with Gasteiger partial charge >= 0.3 is 0 Å². The van der Waals surface area contributed by atoms with Crippen molar-refractivity contribution >= 4 is 33.3 Å². The maximum Gasteiger partial charge on any atom is 0.259 e. The Labute approximate surface area is 165 Å². The van der Waals surface area contributed by atoms with Crippen molar-refractivity contribution in [3.8, 4) is 6.07 Å². The van der Waals surface area contributed by atoms with Crippen molar-refractivity contribution in [2.24, 2.45) is 5.92 Å². The van der Waals surface area contributed by atoms with Gasteiger partial charge in [-0.25, -0.2) is 4.98 Å². The van der Waals surface area contributed by atoms with Crippen molar-refractivity contribution in [3.05, 3.63) is 37.9 Å². The first kappa shape index (κ1) is 18.4. The number of aromatic amines is 2. The predicted octanol–water partition coefficient (Wildman–Crippen LogP) is 2.58. The molecule has 3 heterocycles. The normalized spacial score (nSPS) is 16.0. The molecule has 1 amide bonds. The van der Waals surface area contributed by atoms with E-state index in [4.69, 9.17) is 5.26 Å². The lowest BCUT2D eigenvalue weighted by Gasteiger charge is -2.17. The van der Waals surface area contributed by atoms with Crippen molar-refractivity contribution < 1.29 is 4.79 Å². The molecule has 9 heteroatoms. The Balaban J connectivity index is 1.50. The Bertz CT molecular complexity index is 1170. The fourth-order valence-corrected chi connectivity index (χ4v) is 5.00. The summed E-state index contributed by atoms with van der Waals surface area (Å²) < 4.78 is 0. The largest absolute Gasteiger partial charge is 0.310 e. The van der Waals surface area contributed by atoms with Crippen LogP contribution >= 0.6 is 11.3 Å². The van der Waals surface area contributed by atoms with Gasteiger partial charge in [-0.05, 0) is 37.7 Å². The van der Waals surface area contributed by atoms with Gasteiger partial charge in [0.2, 0.25) is 5.91 Å². The molecule has 0 aromatic carbocycles. The van der Waals surface area contributed by atoms with E-state index in [2.05, 4.69) is 32.4 Å². The smallest absolute Gasteiger partial charge is 0.259 e. The zero-order chi connectivity index (χ0) is 19.8. The number of rotatable bonds is 4. The topological polar surface area (TPSA) is 127 Å². The van der Waals surface area contributed by atoms with Gasteiger partial charge in [-0.1, -0.05) is 6.92 Å². The zero-order valence-corrected chi connectivity index (χ0v) is 16.5. The van der Waals surface area contributed by atoms with Crippen LogP contribution < -0.4 is 10.9 Å². The average Bonchev–Trinajstić information content (AvgIpc) is 3.19. The first-order valence-corrected chi connectivity index (χ1v) is 10.1. The Morgan fingerprint density at radius 2 is 2.29 bits per heavy atom. The zero-order valence-electron chi connectivity index (χ0n) is 15.7. The number of carbonyl (C=O) groups is 1. The minimum absolute atomic E-state index is 0.123. The molecule has 1 aliphatic rings. The van der Waals surface area contributed by atoms with E-state index in [1.54, 1.807) is 18.3 Å². The summed E-state index contributed by atoms with van der Waals surface area (Å²) in [6.07, 6.45) is 3.46. The Morgan fingerprint density at radius 1 is 1.46 bits per heavy atom. The van der Waals surface area contributed by atoms with Gasteiger partial charge in [0.25, 0.3) is 5.56 Å². The van der Waals surface area contributed by atoms with Crippen LogP contribution in [0.2, 0.25) is 0 Å². The van der Waals surface area contributed by atoms with Gasteiger partial charge in [0.1, 0.15) is 22.3 Å². The van der Waals surface area contributed by atoms with Gasteiger partial charge < -0.3 is 10.3 Å². The lowest BCUT2D eigenvalue weighted by Crippen LogP contribution is -2.17. The molecule has 0 aliphatic heterocycles. The number of aromatic nitrogens is 4. The standard InChI is InChI=1S/C19H20N6O2S/c1-9-3-4-11-13(7-9)28-19-16(11)18(27)21-14(22-19)5-6-15(26)23-17-12(8-20)10(2)24-25-17/h9H,3-7H2,1-2H3,(H,21,22,27)(H2,23,24,25,26). The van der Waals surface area contributed by atoms with E-state index in [9.17, 15) is 9.59 Å². The van der Waals surface area contributed by atoms with E-state index in [1.807, 2.05) is 6.07 Å². The summed E-state index contributed by atoms with van der Waals surface area (Å²) >= 11 is 1.59. The highest BCUT2D eigenvalue weighted by molar-refractivity contribution is 7.18. The summed E-state index contributed by atoms with van der Waals surface area (Å²) in [4.78, 5) is 34.3. The molecule has 3 aromatic heterocycles. The number of thiophene rings is 1. The van der Waals surface area contributed by atoms with E-state index in [0.29, 0.717) is 34.8 Å². The summed E-state index contributed by atoms with van der Waals surface area (Å²) in [6.45, 7) is 3.94. The molecule has 0 saturated carbocycles. The number of nitriles is 1. The minimum Gasteiger partial charge on any atom is -0.310 e. The van der Waals surface area contributed by atoms with Crippen LogP contribution in [0.5, 0.6) is 0 Å². The third-order valence-electron chi connectivity index (χ3n) is 5.12. The van der Waals surface area contributed by atoms with Gasteiger partial charge in [-0.2, -0.15) is 10.4 Å². The van der Waals surface area contributed by atoms with Crippen molar-refractivity contribution in [1.29, 1.82) is 5.26 Å². The molecule has 0 spiro atoms. The molecule has 144 valence electrons. The summed E-state index contributed by atoms with van der Waals surface area (Å²) in [6, 6.07) is 2.01. The Hall–Kier alpha value is -2.99. The second kappa shape index (κ2) is 7.20. The third kappa shape index (κ3) is 3.31. The van der Waals surface area contributed by atoms with Crippen LogP contribution in [0.1, 0.15) is 47.3 Å². The van der Waals surface area contributed by atoms with Crippen LogP contribution in [0, 0.1) is 24.2 Å². The van der Waals surface area contributed by atoms with Crippen LogP contribution in [0.15, 0.2) is 4.79 Å². The Kier molecular flexibility index (Phi) is 4.73. The highest BCUT2D eigenvalue weighted by Crippen LogP contribution is 2.35. The molecule has 1 unspecified atom stereocenters. The van der Waals surface area contributed by atoms with Gasteiger partial charge in [0.15, 0.2) is 5.82 Å². The monoisotopic (exact) mass is 396 g/mol. The first-order chi connectivity index (χ1) is 13.5. The van der Waals surface area contributed by atoms with Crippen LogP contribution in [-0.4, -0.2) is 26.1 Å². The molecule has 0 radical (unpaired) electrons. The predicted molar refractivity (Wildman–Crippen MR) is 106 cm³/mol. The SMILES string of the molecule is Cc1[nH]nc(NC(=O)CCc2nc3sc4c(c3c(=O)[nH]2)CCC(C)C4)c1C#N. The molecule has 0 bridgehead atoms. The lowest BCUT2D eigenvalue weighted by molar-refractivity contribution is -0.116. The van der Waals surface area contributed by atoms with Crippen LogP contribution in [0.3, 0.4) is 0 Å². The number of H-pyrrole nitrogens is 2. The highest BCUT2D eigenvalue weighted by Gasteiger charge is 2.23. The Morgan fingerprint density at radius 3 is 3.07 bits per heavy atom. The number of aryl methyl sites for hydroxylation is 3. The van der Waals surface area contributed by atoms with E-state index >= 15 is 0 Å². The molecule has 28 heavy (non-hydrogen) atoms. The van der Waals surface area contributed by atoms with Gasteiger partial charge in [-0.3, -0.25) is 14.7 Å². The summed E-state index contributed by atoms with van der Waals surface area (Å²) in [5.74, 6) is 1.07. The van der Waals surface area contributed by atoms with E-state index in [1.165, 1.54) is 4.88 Å². The van der Waals surface area contributed by atoms with Crippen LogP contribution in [0.25, 0.3) is 10.2 Å². The van der Waals surface area contributed by atoms with Crippen molar-refractivity contribution in [2.75, 3.05) is 5.32 Å². The van der Waals surface area contributed by atoms with Crippen LogP contribution in [0.4, 0.5) is 5.82 Å². The maximum absolute atomic E-state index is 12.6. The second-order valence-electron chi connectivity index (χ2n) is 7.28. The number of amides is 1. The fourth-order valence-electron chi connectivity index (χ4n) is 3.59. The molecule has 1 aliphatic carbocycles. The number of hydrogen-bond donors (Lipinski definition) is 3. The quantitative estimate of drug-likeness (QED) is 0.624. The van der Waals surface area contributed by atoms with Crippen LogP contribution in [-0.2, 0) is 24.1 Å². The van der Waals surface area contributed by atoms with E-state index in [0.717, 1.165) is 29.7 Å². The summed E-state index contributed by atoms with van der Waals surface area (Å²) in [7, 11) is 0. The number of anilines is 1. The van der Waals surface area contributed by atoms with E-state index in [-0.39, 0.29) is 23.7 Å². The van der Waals surface area contributed by atoms with Crippen molar-refractivity contribution in [2.45, 2.75) is 46.0 Å². The number of carbonyl (C=O) groups excluding carboxylic acids is 1. The van der Waals surface area contributed by atoms with Gasteiger partial charge in [-0.15, -0.1) is 11.3 Å². The second-order valence-corrected chi connectivity index (χ2v) is 8.36.